The third-order valence-corrected chi connectivity index (χ3v) is 6.81. The molecule has 1 aromatic carbocycles. The van der Waals surface area contributed by atoms with Crippen LogP contribution in [-0.2, 0) is 11.2 Å². The summed E-state index contributed by atoms with van der Waals surface area (Å²) in [6.45, 7) is 7.99. The first-order valence-corrected chi connectivity index (χ1v) is 10.9. The van der Waals surface area contributed by atoms with E-state index in [4.69, 9.17) is 9.15 Å². The molecule has 1 aromatic heterocycles. The average molecular weight is 410 g/mol. The molecule has 2 aliphatic carbocycles. The minimum absolute atomic E-state index is 0.00456. The summed E-state index contributed by atoms with van der Waals surface area (Å²) in [5, 5.41) is 11.1. The SMILES string of the molecule is C=CCN(CCC)C1Cc2c(-c3ccoc3)cc(OC)c(O)c2C2CC(=O)CCC21. The zero-order valence-electron chi connectivity index (χ0n) is 17.9. The number of hydrogen-bond acceptors (Lipinski definition) is 5. The molecule has 30 heavy (non-hydrogen) atoms. The summed E-state index contributed by atoms with van der Waals surface area (Å²) in [6, 6.07) is 4.15. The molecule has 0 amide bonds. The van der Waals surface area contributed by atoms with Crippen molar-refractivity contribution in [2.75, 3.05) is 20.2 Å². The van der Waals surface area contributed by atoms with Crippen LogP contribution in [0.25, 0.3) is 11.1 Å². The zero-order chi connectivity index (χ0) is 21.3. The van der Waals surface area contributed by atoms with E-state index >= 15 is 0 Å². The lowest BCUT2D eigenvalue weighted by atomic mass is 9.63. The van der Waals surface area contributed by atoms with E-state index in [0.717, 1.165) is 54.6 Å². The van der Waals surface area contributed by atoms with Crippen molar-refractivity contribution >= 4 is 5.78 Å². The second kappa shape index (κ2) is 8.68. The number of furan rings is 1. The molecule has 0 saturated heterocycles. The maximum Gasteiger partial charge on any atom is 0.161 e. The van der Waals surface area contributed by atoms with Crippen LogP contribution >= 0.6 is 0 Å². The number of carbonyl (C=O) groups excluding carboxylic acids is 1. The summed E-state index contributed by atoms with van der Waals surface area (Å²) >= 11 is 0. The smallest absolute Gasteiger partial charge is 0.161 e. The van der Waals surface area contributed by atoms with E-state index in [2.05, 4.69) is 18.4 Å². The Hall–Kier alpha value is -2.53. The van der Waals surface area contributed by atoms with Crippen molar-refractivity contribution in [2.24, 2.45) is 5.92 Å². The van der Waals surface area contributed by atoms with Crippen LogP contribution < -0.4 is 4.74 Å². The second-order valence-corrected chi connectivity index (χ2v) is 8.49. The van der Waals surface area contributed by atoms with Crippen LogP contribution in [0.5, 0.6) is 11.5 Å². The number of nitrogens with zero attached hydrogens (tertiary/aromatic N) is 1. The molecule has 3 atom stereocenters. The van der Waals surface area contributed by atoms with Gasteiger partial charge in [-0.1, -0.05) is 13.0 Å². The van der Waals surface area contributed by atoms with E-state index in [-0.39, 0.29) is 17.5 Å². The van der Waals surface area contributed by atoms with Gasteiger partial charge in [-0.05, 0) is 60.9 Å². The summed E-state index contributed by atoms with van der Waals surface area (Å²) in [7, 11) is 1.57. The molecule has 160 valence electrons. The normalized spacial score (nSPS) is 23.2. The first-order chi connectivity index (χ1) is 14.6. The van der Waals surface area contributed by atoms with Gasteiger partial charge in [0.05, 0.1) is 19.6 Å². The first kappa shape index (κ1) is 20.7. The summed E-state index contributed by atoms with van der Waals surface area (Å²) in [6.07, 6.45) is 9.22. The fourth-order valence-electron chi connectivity index (χ4n) is 5.57. The average Bonchev–Trinajstić information content (AvgIpc) is 3.27. The molecule has 1 fully saturated rings. The van der Waals surface area contributed by atoms with Crippen molar-refractivity contribution in [3.63, 3.8) is 0 Å². The van der Waals surface area contributed by atoms with Gasteiger partial charge in [-0.3, -0.25) is 9.69 Å². The predicted octanol–water partition coefficient (Wildman–Crippen LogP) is 4.94. The molecule has 0 spiro atoms. The molecule has 1 N–H and O–H groups in total. The highest BCUT2D eigenvalue weighted by molar-refractivity contribution is 5.82. The third-order valence-electron chi connectivity index (χ3n) is 6.81. The van der Waals surface area contributed by atoms with Gasteiger partial charge in [0, 0.05) is 36.6 Å². The molecule has 0 aliphatic heterocycles. The Morgan fingerprint density at radius 1 is 1.40 bits per heavy atom. The fraction of sp³-hybridized carbons (Fsp3) is 0.480. The van der Waals surface area contributed by atoms with E-state index in [0.29, 0.717) is 30.6 Å². The predicted molar refractivity (Wildman–Crippen MR) is 117 cm³/mol. The Balaban J connectivity index is 1.90. The van der Waals surface area contributed by atoms with Crippen LogP contribution in [0.4, 0.5) is 0 Å². The van der Waals surface area contributed by atoms with Crippen LogP contribution in [0.1, 0.15) is 49.7 Å². The van der Waals surface area contributed by atoms with Crippen molar-refractivity contribution in [3.05, 3.63) is 48.4 Å². The molecule has 2 aliphatic rings. The quantitative estimate of drug-likeness (QED) is 0.657. The molecule has 3 unspecified atom stereocenters. The molecular weight excluding hydrogens is 378 g/mol. The number of phenolic OH excluding ortho intramolecular Hbond substituents is 1. The Labute approximate surface area is 178 Å². The summed E-state index contributed by atoms with van der Waals surface area (Å²) < 4.78 is 10.9. The van der Waals surface area contributed by atoms with Crippen LogP contribution in [0.3, 0.4) is 0 Å². The van der Waals surface area contributed by atoms with Crippen molar-refractivity contribution in [1.29, 1.82) is 0 Å². The van der Waals surface area contributed by atoms with Gasteiger partial charge in [0.2, 0.25) is 0 Å². The van der Waals surface area contributed by atoms with Gasteiger partial charge in [-0.15, -0.1) is 6.58 Å². The largest absolute Gasteiger partial charge is 0.504 e. The molecular formula is C25H31NO4. The lowest BCUT2D eigenvalue weighted by Crippen LogP contribution is -2.49. The van der Waals surface area contributed by atoms with Crippen LogP contribution in [0.15, 0.2) is 41.7 Å². The third kappa shape index (κ3) is 3.56. The standard InChI is InChI=1S/C25H31NO4/c1-4-9-26(10-5-2)22-13-21-19(16-8-11-30-15-16)14-23(29-3)25(28)24(21)20-12-17(27)6-7-18(20)22/h4,8,11,14-15,18,20,22,28H,1,5-7,9-10,12-13H2,2-3H3. The summed E-state index contributed by atoms with van der Waals surface area (Å²) in [5.41, 5.74) is 4.00. The van der Waals surface area contributed by atoms with Gasteiger partial charge < -0.3 is 14.3 Å². The second-order valence-electron chi connectivity index (χ2n) is 8.49. The Morgan fingerprint density at radius 3 is 2.90 bits per heavy atom. The Kier molecular flexibility index (Phi) is 6.00. The highest BCUT2D eigenvalue weighted by Crippen LogP contribution is 2.53. The monoisotopic (exact) mass is 409 g/mol. The number of methoxy groups -OCH3 is 1. The van der Waals surface area contributed by atoms with E-state index in [1.165, 1.54) is 0 Å². The van der Waals surface area contributed by atoms with Gasteiger partial charge in [-0.25, -0.2) is 0 Å². The Bertz CT molecular complexity index is 918. The number of carbonyl (C=O) groups is 1. The van der Waals surface area contributed by atoms with E-state index in [1.54, 1.807) is 19.6 Å². The summed E-state index contributed by atoms with van der Waals surface area (Å²) in [4.78, 5) is 15.0. The molecule has 5 heteroatoms. The van der Waals surface area contributed by atoms with Crippen molar-refractivity contribution < 1.29 is 19.1 Å². The minimum Gasteiger partial charge on any atom is -0.504 e. The number of rotatable bonds is 7. The number of aromatic hydroxyl groups is 1. The zero-order valence-corrected chi connectivity index (χ0v) is 17.9. The number of hydrogen-bond donors (Lipinski definition) is 1. The molecule has 5 nitrogen and oxygen atoms in total. The Morgan fingerprint density at radius 2 is 2.23 bits per heavy atom. The van der Waals surface area contributed by atoms with Gasteiger partial charge in [0.1, 0.15) is 5.78 Å². The van der Waals surface area contributed by atoms with Crippen molar-refractivity contribution in [3.8, 4) is 22.6 Å². The van der Waals surface area contributed by atoms with Gasteiger partial charge in [0.15, 0.2) is 11.5 Å². The number of benzene rings is 1. The maximum atomic E-state index is 12.5. The molecule has 0 radical (unpaired) electrons. The maximum absolute atomic E-state index is 12.5. The highest BCUT2D eigenvalue weighted by atomic mass is 16.5. The number of Topliss-reactive ketones (excluding diaryl/α,β-unsaturated/α-hetero) is 1. The number of phenols is 1. The van der Waals surface area contributed by atoms with E-state index in [1.807, 2.05) is 18.2 Å². The van der Waals surface area contributed by atoms with Gasteiger partial charge in [-0.2, -0.15) is 0 Å². The van der Waals surface area contributed by atoms with Crippen LogP contribution in [0.2, 0.25) is 0 Å². The minimum atomic E-state index is 0.00456. The number of ether oxygens (including phenoxy) is 1. The van der Waals surface area contributed by atoms with E-state index in [9.17, 15) is 9.90 Å². The van der Waals surface area contributed by atoms with Gasteiger partial charge >= 0.3 is 0 Å². The van der Waals surface area contributed by atoms with Crippen LogP contribution in [0, 0.1) is 5.92 Å². The number of ketones is 1. The van der Waals surface area contributed by atoms with Gasteiger partial charge in [0.25, 0.3) is 0 Å². The van der Waals surface area contributed by atoms with Crippen molar-refractivity contribution in [2.45, 2.75) is 51.0 Å². The number of fused-ring (bicyclic) bond motifs is 3. The van der Waals surface area contributed by atoms with E-state index < -0.39 is 0 Å². The molecule has 1 saturated carbocycles. The molecule has 4 rings (SSSR count). The fourth-order valence-corrected chi connectivity index (χ4v) is 5.57. The molecule has 1 heterocycles. The lowest BCUT2D eigenvalue weighted by molar-refractivity contribution is -0.122. The molecule has 0 bridgehead atoms. The topological polar surface area (TPSA) is 62.9 Å². The lowest BCUT2D eigenvalue weighted by Gasteiger charge is -2.47. The molecule has 2 aromatic rings. The first-order valence-electron chi connectivity index (χ1n) is 10.9. The van der Waals surface area contributed by atoms with Crippen LogP contribution in [-0.4, -0.2) is 42.0 Å². The summed E-state index contributed by atoms with van der Waals surface area (Å²) in [5.74, 6) is 1.26. The van der Waals surface area contributed by atoms with Crippen molar-refractivity contribution in [1.82, 2.24) is 4.90 Å². The highest BCUT2D eigenvalue weighted by Gasteiger charge is 2.45.